The molecule has 0 radical (unpaired) electrons. The highest BCUT2D eigenvalue weighted by Gasteiger charge is 2.56. The van der Waals surface area contributed by atoms with E-state index in [9.17, 15) is 9.59 Å². The highest BCUT2D eigenvalue weighted by atomic mass is 16.7. The topological polar surface area (TPSA) is 86.8 Å². The summed E-state index contributed by atoms with van der Waals surface area (Å²) in [7, 11) is 0. The third-order valence-corrected chi connectivity index (χ3v) is 5.43. The van der Waals surface area contributed by atoms with Crippen LogP contribution >= 0.6 is 0 Å². The molecular formula is C23H31N3O5. The lowest BCUT2D eigenvalue weighted by Crippen LogP contribution is -2.51. The van der Waals surface area contributed by atoms with Gasteiger partial charge in [0.1, 0.15) is 5.54 Å². The van der Waals surface area contributed by atoms with E-state index in [4.69, 9.17) is 9.57 Å². The second-order valence-electron chi connectivity index (χ2n) is 9.10. The molecule has 1 aromatic heterocycles. The van der Waals surface area contributed by atoms with Crippen LogP contribution < -0.4 is 5.76 Å². The zero-order valence-electron chi connectivity index (χ0n) is 18.8. The van der Waals surface area contributed by atoms with Crippen molar-refractivity contribution in [3.8, 4) is 0 Å². The van der Waals surface area contributed by atoms with Crippen LogP contribution in [-0.2, 0) is 27.5 Å². The number of esters is 1. The number of aryl methyl sites for hydroxylation is 1. The third-order valence-electron chi connectivity index (χ3n) is 5.43. The number of aromatic nitrogens is 2. The van der Waals surface area contributed by atoms with Gasteiger partial charge in [-0.15, -0.1) is 5.06 Å². The standard InChI is InChI=1S/C23H31N3O5/c1-17-24-31-21(28)25(17)15-11-7-10-14-23(5)20(27)30-19(22(2,3)4)26(23)29-16-18-12-8-6-9-13-18/h6-9,11-13,19H,10,14-16H2,1-5H3/b11-7+. The Morgan fingerprint density at radius 3 is 2.52 bits per heavy atom. The number of benzene rings is 1. The molecule has 1 aromatic carbocycles. The number of carbonyl (C=O) groups is 1. The van der Waals surface area contributed by atoms with Crippen molar-refractivity contribution in [1.82, 2.24) is 14.8 Å². The van der Waals surface area contributed by atoms with E-state index in [0.29, 0.717) is 31.8 Å². The molecule has 168 valence electrons. The van der Waals surface area contributed by atoms with Crippen molar-refractivity contribution < 1.29 is 18.9 Å². The van der Waals surface area contributed by atoms with Crippen LogP contribution in [0, 0.1) is 12.3 Å². The van der Waals surface area contributed by atoms with Gasteiger partial charge in [-0.05, 0) is 32.3 Å². The van der Waals surface area contributed by atoms with E-state index in [1.54, 1.807) is 12.0 Å². The van der Waals surface area contributed by atoms with Gasteiger partial charge in [0, 0.05) is 12.0 Å². The van der Waals surface area contributed by atoms with Crippen LogP contribution in [0.25, 0.3) is 0 Å². The van der Waals surface area contributed by atoms with Gasteiger partial charge in [0.2, 0.25) is 0 Å². The number of rotatable bonds is 8. The van der Waals surface area contributed by atoms with E-state index in [1.807, 2.05) is 70.2 Å². The predicted molar refractivity (Wildman–Crippen MR) is 115 cm³/mol. The summed E-state index contributed by atoms with van der Waals surface area (Å²) in [5.74, 6) is -0.253. The normalized spacial score (nSPS) is 22.4. The Hall–Kier alpha value is -2.71. The number of carbonyl (C=O) groups excluding carboxylic acids is 1. The van der Waals surface area contributed by atoms with E-state index < -0.39 is 17.5 Å². The van der Waals surface area contributed by atoms with Crippen LogP contribution in [0.1, 0.15) is 51.9 Å². The van der Waals surface area contributed by atoms with Gasteiger partial charge in [-0.25, -0.2) is 9.59 Å². The smallest absolute Gasteiger partial charge is 0.441 e. The quantitative estimate of drug-likeness (QED) is 0.468. The fourth-order valence-corrected chi connectivity index (χ4v) is 3.50. The second-order valence-corrected chi connectivity index (χ2v) is 9.10. The number of hydrogen-bond donors (Lipinski definition) is 0. The molecule has 0 saturated carbocycles. The summed E-state index contributed by atoms with van der Waals surface area (Å²) in [4.78, 5) is 30.6. The maximum Gasteiger partial charge on any atom is 0.441 e. The van der Waals surface area contributed by atoms with E-state index in [1.165, 1.54) is 4.57 Å². The monoisotopic (exact) mass is 429 g/mol. The summed E-state index contributed by atoms with van der Waals surface area (Å²) in [6, 6.07) is 9.84. The maximum atomic E-state index is 12.9. The molecule has 8 heteroatoms. The number of nitrogens with zero attached hydrogens (tertiary/aromatic N) is 3. The van der Waals surface area contributed by atoms with Gasteiger partial charge in [-0.1, -0.05) is 68.4 Å². The number of hydroxylamine groups is 2. The first-order valence-corrected chi connectivity index (χ1v) is 10.5. The molecule has 31 heavy (non-hydrogen) atoms. The Balaban J connectivity index is 1.69. The Labute approximate surface area is 182 Å². The summed E-state index contributed by atoms with van der Waals surface area (Å²) in [5.41, 5.74) is -0.209. The lowest BCUT2D eigenvalue weighted by molar-refractivity contribution is -0.270. The molecule has 1 aliphatic heterocycles. The van der Waals surface area contributed by atoms with Crippen molar-refractivity contribution in [1.29, 1.82) is 0 Å². The summed E-state index contributed by atoms with van der Waals surface area (Å²) in [6.07, 6.45) is 4.45. The zero-order chi connectivity index (χ0) is 22.6. The first-order valence-electron chi connectivity index (χ1n) is 10.5. The van der Waals surface area contributed by atoms with E-state index in [-0.39, 0.29) is 11.4 Å². The van der Waals surface area contributed by atoms with Crippen LogP contribution in [0.4, 0.5) is 0 Å². The Kier molecular flexibility index (Phi) is 6.81. The van der Waals surface area contributed by atoms with E-state index in [0.717, 1.165) is 5.56 Å². The van der Waals surface area contributed by atoms with Crippen LogP contribution in [-0.4, -0.2) is 32.5 Å². The van der Waals surface area contributed by atoms with Crippen molar-refractivity contribution in [2.75, 3.05) is 0 Å². The summed E-state index contributed by atoms with van der Waals surface area (Å²) in [5, 5.41) is 5.37. The SMILES string of the molecule is Cc1noc(=O)n1C/C=C/CCC1(C)C(=O)OC(C(C)(C)C)N1OCc1ccccc1. The molecule has 0 aliphatic carbocycles. The number of ether oxygens (including phenoxy) is 1. The summed E-state index contributed by atoms with van der Waals surface area (Å²) < 4.78 is 11.8. The largest absolute Gasteiger partial charge is 0.442 e. The Morgan fingerprint density at radius 2 is 1.90 bits per heavy atom. The second kappa shape index (κ2) is 9.20. The minimum Gasteiger partial charge on any atom is -0.442 e. The molecule has 0 N–H and O–H groups in total. The number of hydrogen-bond acceptors (Lipinski definition) is 7. The van der Waals surface area contributed by atoms with Crippen LogP contribution in [0.2, 0.25) is 0 Å². The van der Waals surface area contributed by atoms with Crippen LogP contribution in [0.15, 0.2) is 51.8 Å². The first kappa shape index (κ1) is 23.0. The van der Waals surface area contributed by atoms with Gasteiger partial charge >= 0.3 is 11.7 Å². The molecule has 2 heterocycles. The molecule has 3 rings (SSSR count). The minimum absolute atomic E-state index is 0.292. The lowest BCUT2D eigenvalue weighted by Gasteiger charge is -2.37. The lowest BCUT2D eigenvalue weighted by atomic mass is 9.91. The molecule has 0 bridgehead atoms. The van der Waals surface area contributed by atoms with Gasteiger partial charge in [-0.2, -0.15) is 0 Å². The van der Waals surface area contributed by atoms with Crippen LogP contribution in [0.3, 0.4) is 0 Å². The minimum atomic E-state index is -0.916. The number of cyclic esters (lactones) is 1. The molecule has 0 spiro atoms. The highest BCUT2D eigenvalue weighted by molar-refractivity contribution is 5.82. The fourth-order valence-electron chi connectivity index (χ4n) is 3.50. The molecule has 8 nitrogen and oxygen atoms in total. The van der Waals surface area contributed by atoms with E-state index >= 15 is 0 Å². The molecule has 2 unspecified atom stereocenters. The van der Waals surface area contributed by atoms with Gasteiger partial charge < -0.3 is 4.74 Å². The van der Waals surface area contributed by atoms with Crippen molar-refractivity contribution in [3.05, 3.63) is 64.4 Å². The van der Waals surface area contributed by atoms with Gasteiger partial charge in [0.15, 0.2) is 12.1 Å². The van der Waals surface area contributed by atoms with Crippen molar-refractivity contribution in [2.24, 2.45) is 5.41 Å². The Morgan fingerprint density at radius 1 is 1.19 bits per heavy atom. The highest BCUT2D eigenvalue weighted by Crippen LogP contribution is 2.40. The van der Waals surface area contributed by atoms with Crippen molar-refractivity contribution in [3.63, 3.8) is 0 Å². The molecule has 1 aliphatic rings. The molecule has 1 fully saturated rings. The average Bonchev–Trinajstić information content (AvgIpc) is 3.17. The summed E-state index contributed by atoms with van der Waals surface area (Å²) in [6.45, 7) is 10.4. The molecule has 0 amide bonds. The number of allylic oxidation sites excluding steroid dienone is 2. The molecular weight excluding hydrogens is 398 g/mol. The van der Waals surface area contributed by atoms with Gasteiger partial charge in [0.05, 0.1) is 6.61 Å². The maximum absolute atomic E-state index is 12.9. The molecule has 2 aromatic rings. The third kappa shape index (κ3) is 5.14. The van der Waals surface area contributed by atoms with Crippen molar-refractivity contribution in [2.45, 2.75) is 72.4 Å². The zero-order valence-corrected chi connectivity index (χ0v) is 18.8. The van der Waals surface area contributed by atoms with E-state index in [2.05, 4.69) is 9.68 Å². The van der Waals surface area contributed by atoms with Crippen LogP contribution in [0.5, 0.6) is 0 Å². The molecule has 1 saturated heterocycles. The average molecular weight is 430 g/mol. The predicted octanol–water partition coefficient (Wildman–Crippen LogP) is 3.60. The fraction of sp³-hybridized carbons (Fsp3) is 0.522. The van der Waals surface area contributed by atoms with Crippen molar-refractivity contribution >= 4 is 5.97 Å². The molecule has 2 atom stereocenters. The summed E-state index contributed by atoms with van der Waals surface area (Å²) >= 11 is 0. The van der Waals surface area contributed by atoms with Gasteiger partial charge in [-0.3, -0.25) is 13.9 Å². The Bertz CT molecular complexity index is 973. The van der Waals surface area contributed by atoms with Gasteiger partial charge in [0.25, 0.3) is 0 Å². The first-order chi connectivity index (χ1) is 14.6.